The van der Waals surface area contributed by atoms with Gasteiger partial charge >= 0.3 is 0 Å². The predicted molar refractivity (Wildman–Crippen MR) is 71.8 cm³/mol. The van der Waals surface area contributed by atoms with Crippen molar-refractivity contribution in [3.8, 4) is 5.75 Å². The minimum Gasteiger partial charge on any atom is -0.483 e. The molecule has 2 N–H and O–H groups in total. The molecule has 0 radical (unpaired) electrons. The van der Waals surface area contributed by atoms with Crippen molar-refractivity contribution in [3.63, 3.8) is 0 Å². The fraction of sp³-hybridized carbons (Fsp3) is 0.429. The molecule has 2 aromatic rings. The lowest BCUT2D eigenvalue weighted by Crippen LogP contribution is -2.02. The Balaban J connectivity index is 2.11. The van der Waals surface area contributed by atoms with E-state index >= 15 is 0 Å². The molecule has 5 heteroatoms. The summed E-state index contributed by atoms with van der Waals surface area (Å²) in [6, 6.07) is 4.07. The van der Waals surface area contributed by atoms with Crippen LogP contribution in [0.4, 0.5) is 0 Å². The molecule has 0 atom stereocenters. The normalized spacial score (nSPS) is 10.7. The fourth-order valence-corrected chi connectivity index (χ4v) is 2.01. The number of hydrogen-bond donors (Lipinski definition) is 1. The van der Waals surface area contributed by atoms with Crippen LogP contribution in [0.1, 0.15) is 35.3 Å². The number of aryl methyl sites for hydroxylation is 3. The average molecular weight is 261 g/mol. The van der Waals surface area contributed by atoms with E-state index in [0.717, 1.165) is 28.9 Å². The highest BCUT2D eigenvalue weighted by Gasteiger charge is 2.09. The first-order chi connectivity index (χ1) is 9.13. The predicted octanol–water partition coefficient (Wildman–Crippen LogP) is 2.29. The van der Waals surface area contributed by atoms with Gasteiger partial charge in [0.05, 0.1) is 0 Å². The Hall–Kier alpha value is -1.88. The molecule has 0 aliphatic carbocycles. The van der Waals surface area contributed by atoms with Gasteiger partial charge in [-0.15, -0.1) is 0 Å². The van der Waals surface area contributed by atoms with Crippen molar-refractivity contribution in [2.75, 3.05) is 0 Å². The second kappa shape index (κ2) is 5.84. The molecule has 0 saturated heterocycles. The van der Waals surface area contributed by atoms with Crippen LogP contribution in [-0.2, 0) is 19.6 Å². The molecule has 5 nitrogen and oxygen atoms in total. The summed E-state index contributed by atoms with van der Waals surface area (Å²) in [6.07, 6.45) is 0.757. The molecule has 0 aliphatic rings. The molecule has 102 valence electrons. The third-order valence-electron chi connectivity index (χ3n) is 2.92. The highest BCUT2D eigenvalue weighted by molar-refractivity contribution is 5.43. The molecule has 0 spiro atoms. The number of nitrogens with two attached hydrogens (primary N) is 1. The van der Waals surface area contributed by atoms with Gasteiger partial charge in [0.15, 0.2) is 12.4 Å². The Labute approximate surface area is 112 Å². The number of rotatable bonds is 5. The number of ether oxygens (including phenoxy) is 1. The van der Waals surface area contributed by atoms with E-state index in [9.17, 15) is 0 Å². The van der Waals surface area contributed by atoms with E-state index in [2.05, 4.69) is 10.1 Å². The van der Waals surface area contributed by atoms with E-state index in [1.807, 2.05) is 32.9 Å². The van der Waals surface area contributed by atoms with E-state index in [1.54, 1.807) is 0 Å². The van der Waals surface area contributed by atoms with Crippen LogP contribution in [0, 0.1) is 13.8 Å². The van der Waals surface area contributed by atoms with Crippen LogP contribution >= 0.6 is 0 Å². The number of nitrogens with zero attached hydrogens (tertiary/aromatic N) is 2. The lowest BCUT2D eigenvalue weighted by molar-refractivity contribution is 0.240. The molecule has 0 fully saturated rings. The zero-order chi connectivity index (χ0) is 13.8. The molecular weight excluding hydrogens is 242 g/mol. The summed E-state index contributed by atoms with van der Waals surface area (Å²) in [6.45, 7) is 6.82. The highest BCUT2D eigenvalue weighted by Crippen LogP contribution is 2.25. The summed E-state index contributed by atoms with van der Waals surface area (Å²) in [4.78, 5) is 4.21. The van der Waals surface area contributed by atoms with Crippen LogP contribution < -0.4 is 10.5 Å². The first-order valence-electron chi connectivity index (χ1n) is 6.38. The largest absolute Gasteiger partial charge is 0.483 e. The summed E-state index contributed by atoms with van der Waals surface area (Å²) in [5.41, 5.74) is 8.88. The summed E-state index contributed by atoms with van der Waals surface area (Å²) >= 11 is 0. The molecule has 1 aromatic heterocycles. The Kier molecular flexibility index (Phi) is 4.16. The first kappa shape index (κ1) is 13.5. The molecule has 1 aromatic carbocycles. The van der Waals surface area contributed by atoms with Crippen LogP contribution in [0.25, 0.3) is 0 Å². The third kappa shape index (κ3) is 3.12. The zero-order valence-corrected chi connectivity index (χ0v) is 11.6. The Morgan fingerprint density at radius 3 is 2.47 bits per heavy atom. The summed E-state index contributed by atoms with van der Waals surface area (Å²) in [5.74, 6) is 2.05. The van der Waals surface area contributed by atoms with Crippen molar-refractivity contribution in [1.82, 2.24) is 10.1 Å². The van der Waals surface area contributed by atoms with Crippen molar-refractivity contribution in [3.05, 3.63) is 40.5 Å². The van der Waals surface area contributed by atoms with Gasteiger partial charge in [-0.1, -0.05) is 24.2 Å². The van der Waals surface area contributed by atoms with Gasteiger partial charge in [-0.2, -0.15) is 4.98 Å². The first-order valence-corrected chi connectivity index (χ1v) is 6.38. The number of benzene rings is 1. The summed E-state index contributed by atoms with van der Waals surface area (Å²) in [5, 5.41) is 3.84. The van der Waals surface area contributed by atoms with Crippen molar-refractivity contribution in [2.45, 2.75) is 40.3 Å². The molecule has 0 aliphatic heterocycles. The highest BCUT2D eigenvalue weighted by atomic mass is 16.5. The van der Waals surface area contributed by atoms with Gasteiger partial charge in [-0.25, -0.2) is 0 Å². The lowest BCUT2D eigenvalue weighted by Gasteiger charge is -2.12. The smallest absolute Gasteiger partial charge is 0.264 e. The van der Waals surface area contributed by atoms with Gasteiger partial charge in [0, 0.05) is 13.0 Å². The van der Waals surface area contributed by atoms with Crippen LogP contribution in [0.5, 0.6) is 5.75 Å². The molecule has 2 rings (SSSR count). The van der Waals surface area contributed by atoms with E-state index in [0.29, 0.717) is 18.3 Å². The maximum Gasteiger partial charge on any atom is 0.264 e. The van der Waals surface area contributed by atoms with Crippen LogP contribution in [0.3, 0.4) is 0 Å². The topological polar surface area (TPSA) is 74.2 Å². The number of aromatic nitrogens is 2. The lowest BCUT2D eigenvalue weighted by atomic mass is 10.1. The molecule has 0 saturated carbocycles. The van der Waals surface area contributed by atoms with Crippen molar-refractivity contribution in [2.24, 2.45) is 5.73 Å². The monoisotopic (exact) mass is 261 g/mol. The third-order valence-corrected chi connectivity index (χ3v) is 2.92. The summed E-state index contributed by atoms with van der Waals surface area (Å²) in [7, 11) is 0. The minimum absolute atomic E-state index is 0.288. The van der Waals surface area contributed by atoms with Crippen LogP contribution in [0.2, 0.25) is 0 Å². The maximum atomic E-state index is 5.77. The van der Waals surface area contributed by atoms with Crippen molar-refractivity contribution in [1.29, 1.82) is 0 Å². The fourth-order valence-electron chi connectivity index (χ4n) is 2.01. The van der Waals surface area contributed by atoms with Gasteiger partial charge in [0.1, 0.15) is 5.75 Å². The van der Waals surface area contributed by atoms with Crippen molar-refractivity contribution < 1.29 is 9.26 Å². The standard InChI is InChI=1S/C14H19N3O2/c1-4-12-16-13(19-17-12)8-18-14-9(2)5-11(7-15)6-10(14)3/h5-6H,4,7-8,15H2,1-3H3. The zero-order valence-electron chi connectivity index (χ0n) is 11.6. The summed E-state index contributed by atoms with van der Waals surface area (Å²) < 4.78 is 10.9. The Morgan fingerprint density at radius 1 is 1.26 bits per heavy atom. The average Bonchev–Trinajstić information content (AvgIpc) is 2.85. The number of hydrogen-bond acceptors (Lipinski definition) is 5. The van der Waals surface area contributed by atoms with Gasteiger partial charge in [0.2, 0.25) is 0 Å². The van der Waals surface area contributed by atoms with Gasteiger partial charge in [-0.3, -0.25) is 0 Å². The molecule has 0 amide bonds. The SMILES string of the molecule is CCc1noc(COc2c(C)cc(CN)cc2C)n1. The Bertz CT molecular complexity index is 541. The molecular formula is C14H19N3O2. The Morgan fingerprint density at radius 2 is 1.95 bits per heavy atom. The quantitative estimate of drug-likeness (QED) is 0.893. The second-order valence-electron chi connectivity index (χ2n) is 4.51. The second-order valence-corrected chi connectivity index (χ2v) is 4.51. The van der Waals surface area contributed by atoms with Gasteiger partial charge in [0.25, 0.3) is 5.89 Å². The van der Waals surface area contributed by atoms with Crippen molar-refractivity contribution >= 4 is 0 Å². The minimum atomic E-state index is 0.288. The molecule has 0 unspecified atom stereocenters. The van der Waals surface area contributed by atoms with Gasteiger partial charge < -0.3 is 15.0 Å². The van der Waals surface area contributed by atoms with E-state index in [4.69, 9.17) is 15.0 Å². The van der Waals surface area contributed by atoms with Gasteiger partial charge in [-0.05, 0) is 30.5 Å². The van der Waals surface area contributed by atoms with Crippen LogP contribution in [-0.4, -0.2) is 10.1 Å². The van der Waals surface area contributed by atoms with E-state index in [-0.39, 0.29) is 6.61 Å². The molecule has 0 bridgehead atoms. The van der Waals surface area contributed by atoms with E-state index in [1.165, 1.54) is 0 Å². The van der Waals surface area contributed by atoms with E-state index < -0.39 is 0 Å². The molecule has 1 heterocycles. The van der Waals surface area contributed by atoms with Crippen LogP contribution in [0.15, 0.2) is 16.7 Å². The maximum absolute atomic E-state index is 5.77. The molecule has 19 heavy (non-hydrogen) atoms.